The van der Waals surface area contributed by atoms with Gasteiger partial charge in [0.25, 0.3) is 0 Å². The van der Waals surface area contributed by atoms with E-state index in [1.54, 1.807) is 6.20 Å². The predicted octanol–water partition coefficient (Wildman–Crippen LogP) is 2.83. The van der Waals surface area contributed by atoms with E-state index in [2.05, 4.69) is 36.8 Å². The van der Waals surface area contributed by atoms with Gasteiger partial charge in [0.15, 0.2) is 0 Å². The van der Waals surface area contributed by atoms with Gasteiger partial charge in [-0.25, -0.2) is 15.0 Å². The maximum atomic E-state index is 11.0. The van der Waals surface area contributed by atoms with Crippen LogP contribution >= 0.6 is 15.9 Å². The highest BCUT2D eigenvalue weighted by Gasteiger charge is 2.52. The Morgan fingerprint density at radius 3 is 2.79 bits per heavy atom. The molecule has 168 valence electrons. The van der Waals surface area contributed by atoms with E-state index < -0.39 is 23.7 Å². The summed E-state index contributed by atoms with van der Waals surface area (Å²) in [6.07, 6.45) is 8.57. The number of rotatable bonds is 4. The third kappa shape index (κ3) is 3.51. The molecule has 6 N–H and O–H groups in total. The predicted molar refractivity (Wildman–Crippen MR) is 131 cm³/mol. The van der Waals surface area contributed by atoms with E-state index >= 15 is 0 Å². The Balaban J connectivity index is 1.42. The van der Waals surface area contributed by atoms with E-state index in [0.29, 0.717) is 41.9 Å². The van der Waals surface area contributed by atoms with Gasteiger partial charge in [-0.2, -0.15) is 0 Å². The number of nitrogens with two attached hydrogens (primary N) is 2. The lowest BCUT2D eigenvalue weighted by Gasteiger charge is -2.27. The van der Waals surface area contributed by atoms with Crippen molar-refractivity contribution in [3.63, 3.8) is 0 Å². The van der Waals surface area contributed by atoms with Gasteiger partial charge in [0, 0.05) is 11.6 Å². The van der Waals surface area contributed by atoms with Crippen molar-refractivity contribution in [1.29, 1.82) is 0 Å². The van der Waals surface area contributed by atoms with Gasteiger partial charge < -0.3 is 26.2 Å². The molecule has 9 heteroatoms. The molecule has 0 amide bonds. The minimum atomic E-state index is -1.07. The third-order valence-corrected chi connectivity index (χ3v) is 7.40. The summed E-state index contributed by atoms with van der Waals surface area (Å²) in [7, 11) is 0. The lowest BCUT2D eigenvalue weighted by Crippen LogP contribution is -2.36. The maximum Gasteiger partial charge on any atom is 0.145 e. The summed E-state index contributed by atoms with van der Waals surface area (Å²) < 4.78 is 2.59. The lowest BCUT2D eigenvalue weighted by atomic mass is 9.79. The number of hydrogen-bond acceptors (Lipinski definition) is 7. The minimum absolute atomic E-state index is 0.368. The SMILES string of the molecule is C#C[C@]1(CCc2ccc3cc(Br)c(N)nc3c2)C[C@@H](n2ccc3c(N)ncnc32)[C@H](O)[C@@H]1O. The first kappa shape index (κ1) is 21.6. The van der Waals surface area contributed by atoms with Crippen LogP contribution in [0.2, 0.25) is 0 Å². The summed E-state index contributed by atoms with van der Waals surface area (Å²) in [4.78, 5) is 12.8. The second kappa shape index (κ2) is 7.99. The first-order valence-electron chi connectivity index (χ1n) is 10.6. The average Bonchev–Trinajstić information content (AvgIpc) is 3.34. The molecule has 33 heavy (non-hydrogen) atoms. The zero-order valence-corrected chi connectivity index (χ0v) is 19.3. The highest BCUT2D eigenvalue weighted by Crippen LogP contribution is 2.48. The molecule has 5 rings (SSSR count). The fourth-order valence-electron chi connectivity index (χ4n) is 4.86. The molecule has 0 bridgehead atoms. The monoisotopic (exact) mass is 506 g/mol. The normalized spacial score (nSPS) is 25.0. The minimum Gasteiger partial charge on any atom is -0.389 e. The Morgan fingerprint density at radius 1 is 1.18 bits per heavy atom. The molecule has 4 aromatic rings. The van der Waals surface area contributed by atoms with Crippen molar-refractivity contribution in [2.75, 3.05) is 11.5 Å². The smallest absolute Gasteiger partial charge is 0.145 e. The first-order valence-corrected chi connectivity index (χ1v) is 11.4. The molecule has 1 fully saturated rings. The third-order valence-electron chi connectivity index (χ3n) is 6.76. The van der Waals surface area contributed by atoms with Crippen LogP contribution in [0.1, 0.15) is 24.4 Å². The van der Waals surface area contributed by atoms with Gasteiger partial charge in [-0.05, 0) is 59.0 Å². The van der Waals surface area contributed by atoms with Crippen molar-refractivity contribution in [3.8, 4) is 12.3 Å². The molecule has 1 saturated carbocycles. The number of benzene rings is 1. The molecular weight excluding hydrogens is 484 g/mol. The van der Waals surface area contributed by atoms with Crippen LogP contribution in [0.3, 0.4) is 0 Å². The zero-order valence-electron chi connectivity index (χ0n) is 17.7. The maximum absolute atomic E-state index is 11.0. The van der Waals surface area contributed by atoms with Gasteiger partial charge >= 0.3 is 0 Å². The lowest BCUT2D eigenvalue weighted by molar-refractivity contribution is -0.0115. The number of aliphatic hydroxyl groups excluding tert-OH is 2. The Labute approximate surface area is 198 Å². The standard InChI is InChI=1S/C24H23BrN6O2/c1-2-24(7-5-13-3-4-14-10-16(25)22(27)30-17(14)9-13)11-18(19(32)20(24)33)31-8-6-15-21(26)28-12-29-23(15)31/h1,3-4,6,8-10,12,18-20,32-33H,5,7,11H2,(H2,27,30)(H2,26,28,29)/t18-,19+,20+,24+/m1/s1. The van der Waals surface area contributed by atoms with Crippen LogP contribution in [0.5, 0.6) is 0 Å². The highest BCUT2D eigenvalue weighted by atomic mass is 79.9. The second-order valence-electron chi connectivity index (χ2n) is 8.61. The van der Waals surface area contributed by atoms with E-state index in [0.717, 1.165) is 20.9 Å². The molecule has 3 aromatic heterocycles. The molecule has 0 spiro atoms. The number of nitrogens with zero attached hydrogens (tertiary/aromatic N) is 4. The zero-order chi connectivity index (χ0) is 23.3. The number of anilines is 2. The summed E-state index contributed by atoms with van der Waals surface area (Å²) in [6, 6.07) is 9.30. The summed E-state index contributed by atoms with van der Waals surface area (Å²) >= 11 is 3.40. The van der Waals surface area contributed by atoms with Crippen molar-refractivity contribution in [2.45, 2.75) is 37.5 Å². The number of pyridine rings is 1. The number of aryl methyl sites for hydroxylation is 1. The summed E-state index contributed by atoms with van der Waals surface area (Å²) in [5.41, 5.74) is 13.4. The molecule has 1 aliphatic rings. The van der Waals surface area contributed by atoms with Gasteiger partial charge in [0.1, 0.15) is 29.7 Å². The molecule has 8 nitrogen and oxygen atoms in total. The number of terminal acetylenes is 1. The van der Waals surface area contributed by atoms with E-state index in [1.807, 2.05) is 34.9 Å². The Bertz CT molecular complexity index is 1410. The number of fused-ring (bicyclic) bond motifs is 2. The van der Waals surface area contributed by atoms with E-state index in [1.165, 1.54) is 6.33 Å². The molecule has 1 aliphatic carbocycles. The number of aliphatic hydroxyl groups is 2. The average molecular weight is 507 g/mol. The Hall–Kier alpha value is -3.19. The topological polar surface area (TPSA) is 136 Å². The Morgan fingerprint density at radius 2 is 2.00 bits per heavy atom. The van der Waals surface area contributed by atoms with Crippen LogP contribution in [-0.4, -0.2) is 41.9 Å². The van der Waals surface area contributed by atoms with Gasteiger partial charge in [-0.15, -0.1) is 6.42 Å². The van der Waals surface area contributed by atoms with Gasteiger partial charge in [0.05, 0.1) is 32.9 Å². The molecule has 0 aliphatic heterocycles. The molecule has 0 saturated heterocycles. The van der Waals surface area contributed by atoms with Gasteiger partial charge in [-0.3, -0.25) is 0 Å². The Kier molecular flexibility index (Phi) is 5.24. The molecule has 4 atom stereocenters. The van der Waals surface area contributed by atoms with Crippen molar-refractivity contribution in [3.05, 3.63) is 52.9 Å². The molecular formula is C24H23BrN6O2. The number of aromatic nitrogens is 4. The van der Waals surface area contributed by atoms with Crippen LogP contribution in [0.25, 0.3) is 21.9 Å². The van der Waals surface area contributed by atoms with Crippen molar-refractivity contribution >= 4 is 49.5 Å². The highest BCUT2D eigenvalue weighted by molar-refractivity contribution is 9.10. The fraction of sp³-hybridized carbons (Fsp3) is 0.292. The number of hydrogen-bond donors (Lipinski definition) is 4. The van der Waals surface area contributed by atoms with Crippen LogP contribution in [0.15, 0.2) is 47.3 Å². The van der Waals surface area contributed by atoms with E-state index in [4.69, 9.17) is 17.9 Å². The van der Waals surface area contributed by atoms with Crippen LogP contribution in [0.4, 0.5) is 11.6 Å². The van der Waals surface area contributed by atoms with Crippen LogP contribution in [-0.2, 0) is 6.42 Å². The molecule has 1 aromatic carbocycles. The summed E-state index contributed by atoms with van der Waals surface area (Å²) in [5, 5.41) is 23.7. The first-order chi connectivity index (χ1) is 15.8. The van der Waals surface area contributed by atoms with Gasteiger partial charge in [0.2, 0.25) is 0 Å². The quantitative estimate of drug-likeness (QED) is 0.312. The molecule has 3 heterocycles. The summed E-state index contributed by atoms with van der Waals surface area (Å²) in [6.45, 7) is 0. The largest absolute Gasteiger partial charge is 0.389 e. The van der Waals surface area contributed by atoms with Crippen molar-refractivity contribution in [1.82, 2.24) is 19.5 Å². The van der Waals surface area contributed by atoms with Crippen LogP contribution < -0.4 is 11.5 Å². The number of nitrogen functional groups attached to an aromatic ring is 2. The van der Waals surface area contributed by atoms with E-state index in [9.17, 15) is 10.2 Å². The van der Waals surface area contributed by atoms with E-state index in [-0.39, 0.29) is 0 Å². The van der Waals surface area contributed by atoms with Crippen molar-refractivity contribution < 1.29 is 10.2 Å². The van der Waals surface area contributed by atoms with Crippen LogP contribution in [0, 0.1) is 17.8 Å². The molecule has 0 unspecified atom stereocenters. The van der Waals surface area contributed by atoms with Gasteiger partial charge in [-0.1, -0.05) is 18.1 Å². The second-order valence-corrected chi connectivity index (χ2v) is 9.46. The summed E-state index contributed by atoms with van der Waals surface area (Å²) in [5.74, 6) is 3.61. The molecule has 0 radical (unpaired) electrons. The van der Waals surface area contributed by atoms with Crippen molar-refractivity contribution in [2.24, 2.45) is 5.41 Å². The fourth-order valence-corrected chi connectivity index (χ4v) is 5.20. The number of halogens is 1.